The van der Waals surface area contributed by atoms with Crippen LogP contribution in [-0.4, -0.2) is 17.6 Å². The van der Waals surface area contributed by atoms with Crippen molar-refractivity contribution < 1.29 is 14.3 Å². The van der Waals surface area contributed by atoms with E-state index in [2.05, 4.69) is 0 Å². The summed E-state index contributed by atoms with van der Waals surface area (Å²) in [4.78, 5) is 12.8. The van der Waals surface area contributed by atoms with E-state index in [0.717, 1.165) is 5.69 Å². The van der Waals surface area contributed by atoms with Gasteiger partial charge in [0.1, 0.15) is 12.4 Å². The molecular weight excluding hydrogens is 293 g/mol. The number of carboxylic acid groups (broad SMARTS) is 1. The maximum Gasteiger partial charge on any atom is 0.323 e. The van der Waals surface area contributed by atoms with Crippen LogP contribution in [0.5, 0.6) is 0 Å². The summed E-state index contributed by atoms with van der Waals surface area (Å²) in [5, 5.41) is 9.68. The van der Waals surface area contributed by atoms with Gasteiger partial charge in [-0.3, -0.25) is 4.79 Å². The van der Waals surface area contributed by atoms with Crippen molar-refractivity contribution in [1.29, 1.82) is 0 Å². The van der Waals surface area contributed by atoms with Gasteiger partial charge in [-0.15, -0.1) is 0 Å². The van der Waals surface area contributed by atoms with Gasteiger partial charge in [0.05, 0.1) is 6.04 Å². The molecule has 21 heavy (non-hydrogen) atoms. The van der Waals surface area contributed by atoms with Crippen molar-refractivity contribution in [1.82, 2.24) is 0 Å². The van der Waals surface area contributed by atoms with Gasteiger partial charge in [0.15, 0.2) is 0 Å². The molecule has 0 saturated carbocycles. The third kappa shape index (κ3) is 3.95. The van der Waals surface area contributed by atoms with Gasteiger partial charge in [-0.05, 0) is 48.9 Å². The molecule has 110 valence electrons. The first-order chi connectivity index (χ1) is 9.97. The maximum atomic E-state index is 13.4. The minimum Gasteiger partial charge on any atom is -0.480 e. The standard InChI is InChI=1S/C16H15ClFNO2/c1-11(12-3-2-4-14(18)9-12)19(10-16(20)21)15-7-5-13(17)6-8-15/h2-9,11H,10H2,1H3,(H,20,21). The van der Waals surface area contributed by atoms with Crippen LogP contribution in [0.3, 0.4) is 0 Å². The Bertz CT molecular complexity index is 630. The topological polar surface area (TPSA) is 40.5 Å². The molecule has 0 aromatic heterocycles. The Morgan fingerprint density at radius 1 is 1.29 bits per heavy atom. The predicted octanol–water partition coefficient (Wildman–Crippen LogP) is 4.13. The number of halogens is 2. The molecule has 1 unspecified atom stereocenters. The van der Waals surface area contributed by atoms with Crippen molar-refractivity contribution in [3.8, 4) is 0 Å². The van der Waals surface area contributed by atoms with Crippen LogP contribution in [-0.2, 0) is 4.79 Å². The van der Waals surface area contributed by atoms with Crippen LogP contribution in [0.25, 0.3) is 0 Å². The van der Waals surface area contributed by atoms with Crippen molar-refractivity contribution in [3.63, 3.8) is 0 Å². The van der Waals surface area contributed by atoms with E-state index in [1.165, 1.54) is 12.1 Å². The lowest BCUT2D eigenvalue weighted by Gasteiger charge is -2.30. The van der Waals surface area contributed by atoms with E-state index in [1.807, 2.05) is 6.92 Å². The Hall–Kier alpha value is -2.07. The maximum absolute atomic E-state index is 13.4. The number of nitrogens with zero attached hydrogens (tertiary/aromatic N) is 1. The molecule has 0 amide bonds. The number of anilines is 1. The van der Waals surface area contributed by atoms with Crippen LogP contribution in [0.1, 0.15) is 18.5 Å². The van der Waals surface area contributed by atoms with Gasteiger partial charge in [0.2, 0.25) is 0 Å². The lowest BCUT2D eigenvalue weighted by atomic mass is 10.1. The minimum atomic E-state index is -0.951. The van der Waals surface area contributed by atoms with Crippen molar-refractivity contribution in [3.05, 3.63) is 64.9 Å². The van der Waals surface area contributed by atoms with E-state index >= 15 is 0 Å². The SMILES string of the molecule is CC(c1cccc(F)c1)N(CC(=O)O)c1ccc(Cl)cc1. The highest BCUT2D eigenvalue weighted by Crippen LogP contribution is 2.28. The summed E-state index contributed by atoms with van der Waals surface area (Å²) >= 11 is 5.86. The number of carboxylic acids is 1. The number of aliphatic carboxylic acids is 1. The summed E-state index contributed by atoms with van der Waals surface area (Å²) in [6.07, 6.45) is 0. The summed E-state index contributed by atoms with van der Waals surface area (Å²) in [5.41, 5.74) is 1.43. The number of hydrogen-bond donors (Lipinski definition) is 1. The molecule has 2 aromatic rings. The fourth-order valence-corrected chi connectivity index (χ4v) is 2.30. The van der Waals surface area contributed by atoms with Gasteiger partial charge in [-0.2, -0.15) is 0 Å². The Labute approximate surface area is 127 Å². The molecule has 0 aliphatic heterocycles. The van der Waals surface area contributed by atoms with Crippen LogP contribution in [0.2, 0.25) is 5.02 Å². The van der Waals surface area contributed by atoms with Crippen LogP contribution in [0.4, 0.5) is 10.1 Å². The monoisotopic (exact) mass is 307 g/mol. The van der Waals surface area contributed by atoms with Crippen molar-refractivity contribution >= 4 is 23.3 Å². The highest BCUT2D eigenvalue weighted by atomic mass is 35.5. The molecule has 2 rings (SSSR count). The van der Waals surface area contributed by atoms with E-state index in [-0.39, 0.29) is 18.4 Å². The first kappa shape index (κ1) is 15.3. The Morgan fingerprint density at radius 3 is 2.52 bits per heavy atom. The van der Waals surface area contributed by atoms with E-state index in [4.69, 9.17) is 16.7 Å². The van der Waals surface area contributed by atoms with Gasteiger partial charge in [-0.25, -0.2) is 4.39 Å². The third-order valence-electron chi connectivity index (χ3n) is 3.26. The lowest BCUT2D eigenvalue weighted by Crippen LogP contribution is -2.32. The Kier molecular flexibility index (Phi) is 4.81. The third-order valence-corrected chi connectivity index (χ3v) is 3.51. The summed E-state index contributed by atoms with van der Waals surface area (Å²) in [6.45, 7) is 1.66. The number of benzene rings is 2. The zero-order chi connectivity index (χ0) is 15.4. The average molecular weight is 308 g/mol. The molecule has 0 saturated heterocycles. The highest BCUT2D eigenvalue weighted by molar-refractivity contribution is 6.30. The van der Waals surface area contributed by atoms with E-state index in [0.29, 0.717) is 10.6 Å². The van der Waals surface area contributed by atoms with Crippen molar-refractivity contribution in [2.24, 2.45) is 0 Å². The van der Waals surface area contributed by atoms with E-state index < -0.39 is 5.97 Å². The molecule has 0 bridgehead atoms. The fourth-order valence-electron chi connectivity index (χ4n) is 2.18. The molecule has 2 aromatic carbocycles. The fraction of sp³-hybridized carbons (Fsp3) is 0.188. The minimum absolute atomic E-state index is 0.181. The Morgan fingerprint density at radius 2 is 1.95 bits per heavy atom. The second-order valence-electron chi connectivity index (χ2n) is 4.73. The second-order valence-corrected chi connectivity index (χ2v) is 5.17. The average Bonchev–Trinajstić information content (AvgIpc) is 2.45. The van der Waals surface area contributed by atoms with Crippen LogP contribution >= 0.6 is 11.6 Å². The second kappa shape index (κ2) is 6.59. The molecule has 3 nitrogen and oxygen atoms in total. The molecule has 0 radical (unpaired) electrons. The summed E-state index contributed by atoms with van der Waals surface area (Å²) in [5.74, 6) is -1.29. The van der Waals surface area contributed by atoms with Crippen molar-refractivity contribution in [2.45, 2.75) is 13.0 Å². The number of carbonyl (C=O) groups is 1. The van der Waals surface area contributed by atoms with Gasteiger partial charge >= 0.3 is 5.97 Å². The molecule has 1 N–H and O–H groups in total. The molecule has 0 aliphatic carbocycles. The Balaban J connectivity index is 2.35. The first-order valence-corrected chi connectivity index (χ1v) is 6.84. The quantitative estimate of drug-likeness (QED) is 0.903. The van der Waals surface area contributed by atoms with E-state index in [9.17, 15) is 9.18 Å². The first-order valence-electron chi connectivity index (χ1n) is 6.47. The van der Waals surface area contributed by atoms with Gasteiger partial charge < -0.3 is 10.0 Å². The van der Waals surface area contributed by atoms with Gasteiger partial charge in [0.25, 0.3) is 0 Å². The molecule has 5 heteroatoms. The molecule has 0 aliphatic rings. The van der Waals surface area contributed by atoms with Crippen LogP contribution in [0, 0.1) is 5.82 Å². The van der Waals surface area contributed by atoms with Crippen LogP contribution < -0.4 is 4.90 Å². The molecular formula is C16H15ClFNO2. The summed E-state index contributed by atoms with van der Waals surface area (Å²) in [6, 6.07) is 12.8. The summed E-state index contributed by atoms with van der Waals surface area (Å²) < 4.78 is 13.4. The van der Waals surface area contributed by atoms with E-state index in [1.54, 1.807) is 41.3 Å². The molecule has 1 atom stereocenters. The smallest absolute Gasteiger partial charge is 0.323 e. The van der Waals surface area contributed by atoms with Gasteiger partial charge in [-0.1, -0.05) is 23.7 Å². The normalized spacial score (nSPS) is 12.0. The van der Waals surface area contributed by atoms with Gasteiger partial charge in [0, 0.05) is 10.7 Å². The molecule has 0 spiro atoms. The predicted molar refractivity (Wildman–Crippen MR) is 81.2 cm³/mol. The summed E-state index contributed by atoms with van der Waals surface area (Å²) in [7, 11) is 0. The molecule has 0 fully saturated rings. The highest BCUT2D eigenvalue weighted by Gasteiger charge is 2.19. The largest absolute Gasteiger partial charge is 0.480 e. The zero-order valence-corrected chi connectivity index (χ0v) is 12.2. The zero-order valence-electron chi connectivity index (χ0n) is 11.5. The molecule has 0 heterocycles. The lowest BCUT2D eigenvalue weighted by molar-refractivity contribution is -0.135. The number of hydrogen-bond acceptors (Lipinski definition) is 2. The van der Waals surface area contributed by atoms with Crippen LogP contribution in [0.15, 0.2) is 48.5 Å². The number of rotatable bonds is 5. The van der Waals surface area contributed by atoms with Crippen molar-refractivity contribution in [2.75, 3.05) is 11.4 Å².